The number of halogens is 3. The van der Waals surface area contributed by atoms with Crippen molar-refractivity contribution in [3.8, 4) is 0 Å². The molecule has 1 aliphatic carbocycles. The molecule has 1 N–H and O–H groups in total. The van der Waals surface area contributed by atoms with Crippen LogP contribution in [0.2, 0.25) is 0 Å². The van der Waals surface area contributed by atoms with Gasteiger partial charge in [0, 0.05) is 31.6 Å². The van der Waals surface area contributed by atoms with E-state index in [1.165, 1.54) is 0 Å². The highest BCUT2D eigenvalue weighted by molar-refractivity contribution is 5.93. The van der Waals surface area contributed by atoms with Gasteiger partial charge in [0.25, 0.3) is 11.8 Å². The van der Waals surface area contributed by atoms with Crippen LogP contribution in [0.25, 0.3) is 0 Å². The molecule has 0 bridgehead atoms. The van der Waals surface area contributed by atoms with Gasteiger partial charge in [0.2, 0.25) is 0 Å². The van der Waals surface area contributed by atoms with E-state index >= 15 is 0 Å². The van der Waals surface area contributed by atoms with E-state index in [1.807, 2.05) is 13.0 Å². The third kappa shape index (κ3) is 3.18. The summed E-state index contributed by atoms with van der Waals surface area (Å²) in [5, 5.41) is 2.63. The van der Waals surface area contributed by atoms with Crippen LogP contribution in [0, 0.1) is 12.7 Å². The van der Waals surface area contributed by atoms with Crippen LogP contribution in [-0.4, -0.2) is 21.8 Å². The van der Waals surface area contributed by atoms with Crippen LogP contribution in [0.1, 0.15) is 39.5 Å². The van der Waals surface area contributed by atoms with Gasteiger partial charge in [0.05, 0.1) is 17.2 Å². The van der Waals surface area contributed by atoms with Gasteiger partial charge in [0.15, 0.2) is 0 Å². The first-order valence-electron chi connectivity index (χ1n) is 7.09. The van der Waals surface area contributed by atoms with Gasteiger partial charge < -0.3 is 5.32 Å². The zero-order chi connectivity index (χ0) is 16.6. The first-order valence-corrected chi connectivity index (χ1v) is 7.09. The molecule has 23 heavy (non-hydrogen) atoms. The third-order valence-electron chi connectivity index (χ3n) is 3.87. The predicted octanol–water partition coefficient (Wildman–Crippen LogP) is 2.98. The highest BCUT2D eigenvalue weighted by atomic mass is 19.3. The van der Waals surface area contributed by atoms with Crippen LogP contribution in [-0.2, 0) is 6.54 Å². The van der Waals surface area contributed by atoms with Crippen molar-refractivity contribution in [1.82, 2.24) is 15.3 Å². The van der Waals surface area contributed by atoms with E-state index in [0.717, 1.165) is 23.4 Å². The van der Waals surface area contributed by atoms with Gasteiger partial charge in [0.1, 0.15) is 5.82 Å². The molecule has 0 aliphatic heterocycles. The van der Waals surface area contributed by atoms with Gasteiger partial charge in [-0.25, -0.2) is 13.2 Å². The lowest BCUT2D eigenvalue weighted by Gasteiger charge is -2.08. The van der Waals surface area contributed by atoms with Crippen molar-refractivity contribution in [3.63, 3.8) is 0 Å². The Morgan fingerprint density at radius 2 is 2.17 bits per heavy atom. The van der Waals surface area contributed by atoms with Gasteiger partial charge in [-0.3, -0.25) is 14.8 Å². The summed E-state index contributed by atoms with van der Waals surface area (Å²) in [4.78, 5) is 19.7. The van der Waals surface area contributed by atoms with E-state index in [9.17, 15) is 18.0 Å². The number of carbonyl (C=O) groups is 1. The summed E-state index contributed by atoms with van der Waals surface area (Å²) in [6.45, 7) is 2.12. The number of amides is 1. The van der Waals surface area contributed by atoms with Crippen LogP contribution in [0.5, 0.6) is 0 Å². The lowest BCUT2D eigenvalue weighted by atomic mass is 10.1. The fourth-order valence-corrected chi connectivity index (χ4v) is 2.30. The van der Waals surface area contributed by atoms with Gasteiger partial charge in [-0.1, -0.05) is 0 Å². The number of pyridine rings is 2. The van der Waals surface area contributed by atoms with Crippen molar-refractivity contribution in [1.29, 1.82) is 0 Å². The van der Waals surface area contributed by atoms with Crippen molar-refractivity contribution < 1.29 is 18.0 Å². The summed E-state index contributed by atoms with van der Waals surface area (Å²) in [6, 6.07) is 2.76. The summed E-state index contributed by atoms with van der Waals surface area (Å²) in [5.74, 6) is -5.47. The maximum atomic E-state index is 13.9. The SMILES string of the molecule is Cc1ccncc1CNC(=O)c1cnc(C2CC2(F)F)c(F)c1. The molecule has 0 radical (unpaired) electrons. The summed E-state index contributed by atoms with van der Waals surface area (Å²) in [6.07, 6.45) is 4.00. The number of aromatic nitrogens is 2. The summed E-state index contributed by atoms with van der Waals surface area (Å²) < 4.78 is 39.8. The zero-order valence-electron chi connectivity index (χ0n) is 12.3. The smallest absolute Gasteiger partial charge is 0.257 e. The monoisotopic (exact) mass is 321 g/mol. The molecule has 0 spiro atoms. The zero-order valence-corrected chi connectivity index (χ0v) is 12.3. The number of carbonyl (C=O) groups excluding carboxylic acids is 1. The number of rotatable bonds is 4. The fourth-order valence-electron chi connectivity index (χ4n) is 2.30. The fraction of sp³-hybridized carbons (Fsp3) is 0.312. The van der Waals surface area contributed by atoms with E-state index in [1.54, 1.807) is 12.4 Å². The predicted molar refractivity (Wildman–Crippen MR) is 76.6 cm³/mol. The minimum absolute atomic E-state index is 0.00300. The number of aryl methyl sites for hydroxylation is 1. The molecule has 1 saturated carbocycles. The number of hydrogen-bond donors (Lipinski definition) is 1. The van der Waals surface area contributed by atoms with Gasteiger partial charge >= 0.3 is 0 Å². The Hall–Kier alpha value is -2.44. The minimum atomic E-state index is -2.89. The second-order valence-electron chi connectivity index (χ2n) is 5.59. The van der Waals surface area contributed by atoms with Crippen LogP contribution in [0.15, 0.2) is 30.7 Å². The molecule has 7 heteroatoms. The maximum absolute atomic E-state index is 13.9. The normalized spacial score (nSPS) is 18.5. The molecule has 1 atom stereocenters. The molecule has 120 valence electrons. The van der Waals surface area contributed by atoms with Gasteiger partial charge in [-0.2, -0.15) is 0 Å². The second-order valence-corrected chi connectivity index (χ2v) is 5.59. The van der Waals surface area contributed by atoms with Crippen molar-refractivity contribution in [3.05, 3.63) is 58.9 Å². The van der Waals surface area contributed by atoms with Crippen LogP contribution < -0.4 is 5.32 Å². The summed E-state index contributed by atoms with van der Waals surface area (Å²) >= 11 is 0. The maximum Gasteiger partial charge on any atom is 0.257 e. The molecular weight excluding hydrogens is 307 g/mol. The molecule has 1 fully saturated rings. The van der Waals surface area contributed by atoms with E-state index in [0.29, 0.717) is 0 Å². The van der Waals surface area contributed by atoms with Crippen molar-refractivity contribution in [2.45, 2.75) is 31.7 Å². The van der Waals surface area contributed by atoms with Crippen LogP contribution in [0.3, 0.4) is 0 Å². The molecule has 0 aromatic carbocycles. The van der Waals surface area contributed by atoms with Gasteiger partial charge in [-0.15, -0.1) is 0 Å². The Kier molecular flexibility index (Phi) is 3.79. The number of nitrogens with zero attached hydrogens (tertiary/aromatic N) is 2. The second kappa shape index (κ2) is 5.64. The highest BCUT2D eigenvalue weighted by Crippen LogP contribution is 2.55. The molecule has 1 aliphatic rings. The Morgan fingerprint density at radius 1 is 1.43 bits per heavy atom. The number of nitrogens with one attached hydrogen (secondary N) is 1. The summed E-state index contributed by atoms with van der Waals surface area (Å²) in [5.41, 5.74) is 1.52. The number of alkyl halides is 2. The Bertz CT molecular complexity index is 764. The van der Waals surface area contributed by atoms with Crippen molar-refractivity contribution >= 4 is 5.91 Å². The number of hydrogen-bond acceptors (Lipinski definition) is 3. The van der Waals surface area contributed by atoms with Gasteiger partial charge in [-0.05, 0) is 30.2 Å². The average molecular weight is 321 g/mol. The first kappa shape index (κ1) is 15.5. The van der Waals surface area contributed by atoms with Crippen molar-refractivity contribution in [2.75, 3.05) is 0 Å². The molecule has 2 heterocycles. The molecule has 0 saturated heterocycles. The molecular formula is C16H14F3N3O. The Labute approximate surface area is 130 Å². The van der Waals surface area contributed by atoms with E-state index < -0.39 is 30.0 Å². The minimum Gasteiger partial charge on any atom is -0.348 e. The molecule has 3 rings (SSSR count). The Morgan fingerprint density at radius 3 is 2.78 bits per heavy atom. The molecule has 1 amide bonds. The van der Waals surface area contributed by atoms with Crippen LogP contribution >= 0.6 is 0 Å². The Balaban J connectivity index is 1.68. The summed E-state index contributed by atoms with van der Waals surface area (Å²) in [7, 11) is 0. The molecule has 2 aromatic heterocycles. The topological polar surface area (TPSA) is 54.9 Å². The lowest BCUT2D eigenvalue weighted by molar-refractivity contribution is 0.0950. The highest BCUT2D eigenvalue weighted by Gasteiger charge is 2.59. The van der Waals surface area contributed by atoms with E-state index in [4.69, 9.17) is 0 Å². The molecule has 4 nitrogen and oxygen atoms in total. The molecule has 2 aromatic rings. The standard InChI is InChI=1S/C16H14F3N3O/c1-9-2-3-20-6-11(9)8-22-15(23)10-4-13(17)14(21-7-10)12-5-16(12,18)19/h2-4,6-7,12H,5,8H2,1H3,(H,22,23). The first-order chi connectivity index (χ1) is 10.9. The lowest BCUT2D eigenvalue weighted by Crippen LogP contribution is -2.23. The quantitative estimate of drug-likeness (QED) is 0.942. The van der Waals surface area contributed by atoms with Crippen LogP contribution in [0.4, 0.5) is 13.2 Å². The van der Waals surface area contributed by atoms with E-state index in [-0.39, 0.29) is 17.8 Å². The van der Waals surface area contributed by atoms with Crippen molar-refractivity contribution in [2.24, 2.45) is 0 Å². The average Bonchev–Trinajstić information content (AvgIpc) is 3.14. The van der Waals surface area contributed by atoms with E-state index in [2.05, 4.69) is 15.3 Å². The molecule has 1 unspecified atom stereocenters. The largest absolute Gasteiger partial charge is 0.348 e. The third-order valence-corrected chi connectivity index (χ3v) is 3.87.